The number of carbonyl (C=O) groups excluding carboxylic acids is 2. The number of rotatable bonds is 3. The first-order valence-electron chi connectivity index (χ1n) is 5.96. The molecule has 1 aliphatic rings. The average Bonchev–Trinajstić information content (AvgIpc) is 2.87. The average molecular weight is 266 g/mol. The van der Waals surface area contributed by atoms with Crippen molar-refractivity contribution in [2.75, 3.05) is 13.1 Å². The summed E-state index contributed by atoms with van der Waals surface area (Å²) in [6, 6.07) is 1.99. The molecule has 2 N–H and O–H groups in total. The van der Waals surface area contributed by atoms with Crippen LogP contribution in [0.2, 0.25) is 0 Å². The lowest BCUT2D eigenvalue weighted by atomic mass is 10.1. The van der Waals surface area contributed by atoms with Crippen LogP contribution in [0, 0.1) is 0 Å². The van der Waals surface area contributed by atoms with E-state index in [1.165, 1.54) is 17.0 Å². The van der Waals surface area contributed by atoms with Crippen LogP contribution in [-0.4, -0.2) is 46.9 Å². The van der Waals surface area contributed by atoms with Gasteiger partial charge < -0.3 is 19.7 Å². The number of aromatic carboxylic acids is 1. The Morgan fingerprint density at radius 2 is 2.16 bits per heavy atom. The second-order valence-electron chi connectivity index (χ2n) is 4.18. The molecule has 0 saturated carbocycles. The van der Waals surface area contributed by atoms with E-state index >= 15 is 0 Å². The minimum Gasteiger partial charge on any atom is -0.475 e. The Hall–Kier alpha value is -2.31. The number of hydrogen-bond acceptors (Lipinski definition) is 4. The molecule has 7 heteroatoms. The number of carboxylic acids is 1. The van der Waals surface area contributed by atoms with E-state index in [2.05, 4.69) is 5.32 Å². The second kappa shape index (κ2) is 5.13. The third-order valence-electron chi connectivity index (χ3n) is 3.01. The van der Waals surface area contributed by atoms with Gasteiger partial charge in [-0.1, -0.05) is 6.92 Å². The van der Waals surface area contributed by atoms with Gasteiger partial charge in [0.15, 0.2) is 5.76 Å². The summed E-state index contributed by atoms with van der Waals surface area (Å²) in [4.78, 5) is 36.0. The van der Waals surface area contributed by atoms with Gasteiger partial charge >= 0.3 is 5.97 Å². The molecule has 102 valence electrons. The first-order chi connectivity index (χ1) is 9.04. The van der Waals surface area contributed by atoms with Gasteiger partial charge in [0.25, 0.3) is 5.91 Å². The Morgan fingerprint density at radius 1 is 1.47 bits per heavy atom. The van der Waals surface area contributed by atoms with Gasteiger partial charge in [-0.3, -0.25) is 9.59 Å². The van der Waals surface area contributed by atoms with E-state index in [4.69, 9.17) is 9.52 Å². The Kier molecular flexibility index (Phi) is 3.55. The Labute approximate surface area is 109 Å². The molecule has 2 rings (SSSR count). The molecule has 1 aromatic heterocycles. The van der Waals surface area contributed by atoms with Gasteiger partial charge in [-0.25, -0.2) is 4.79 Å². The van der Waals surface area contributed by atoms with Crippen molar-refractivity contribution in [3.8, 4) is 0 Å². The van der Waals surface area contributed by atoms with Gasteiger partial charge in [0.05, 0.1) is 0 Å². The molecule has 0 spiro atoms. The van der Waals surface area contributed by atoms with E-state index in [0.717, 1.165) is 0 Å². The van der Waals surface area contributed by atoms with Crippen LogP contribution in [0.15, 0.2) is 16.5 Å². The highest BCUT2D eigenvalue weighted by Gasteiger charge is 2.33. The normalized spacial score (nSPS) is 19.1. The highest BCUT2D eigenvalue weighted by molar-refractivity contribution is 5.97. The molecular weight excluding hydrogens is 252 g/mol. The minimum absolute atomic E-state index is 0.0643. The molecule has 1 fully saturated rings. The third kappa shape index (κ3) is 2.44. The van der Waals surface area contributed by atoms with Crippen LogP contribution >= 0.6 is 0 Å². The third-order valence-corrected chi connectivity index (χ3v) is 3.01. The van der Waals surface area contributed by atoms with Gasteiger partial charge in [-0.15, -0.1) is 0 Å². The van der Waals surface area contributed by atoms with Crippen molar-refractivity contribution in [2.45, 2.75) is 19.4 Å². The maximum Gasteiger partial charge on any atom is 0.371 e. The number of hydrogen-bond donors (Lipinski definition) is 2. The second-order valence-corrected chi connectivity index (χ2v) is 4.18. The Morgan fingerprint density at radius 3 is 2.74 bits per heavy atom. The summed E-state index contributed by atoms with van der Waals surface area (Å²) < 4.78 is 4.97. The predicted molar refractivity (Wildman–Crippen MR) is 63.8 cm³/mol. The molecule has 1 unspecified atom stereocenters. The zero-order chi connectivity index (χ0) is 14.0. The Balaban J connectivity index is 2.21. The topological polar surface area (TPSA) is 99.9 Å². The predicted octanol–water partition coefficient (Wildman–Crippen LogP) is 0.328. The van der Waals surface area contributed by atoms with Gasteiger partial charge in [-0.2, -0.15) is 0 Å². The van der Waals surface area contributed by atoms with Crippen LogP contribution in [0.5, 0.6) is 0 Å². The highest BCUT2D eigenvalue weighted by Crippen LogP contribution is 2.16. The zero-order valence-electron chi connectivity index (χ0n) is 10.4. The molecule has 0 aliphatic carbocycles. The van der Waals surface area contributed by atoms with E-state index in [0.29, 0.717) is 19.5 Å². The van der Waals surface area contributed by atoms with Gasteiger partial charge in [0, 0.05) is 13.1 Å². The first-order valence-corrected chi connectivity index (χ1v) is 5.96. The Bertz CT molecular complexity index is 522. The molecule has 2 amide bonds. The van der Waals surface area contributed by atoms with Crippen molar-refractivity contribution in [3.05, 3.63) is 23.7 Å². The zero-order valence-corrected chi connectivity index (χ0v) is 10.4. The molecular formula is C12H14N2O5. The fourth-order valence-electron chi connectivity index (χ4n) is 2.07. The number of amides is 2. The lowest BCUT2D eigenvalue weighted by molar-refractivity contribution is -0.127. The molecule has 7 nitrogen and oxygen atoms in total. The number of nitrogens with one attached hydrogen (secondary N) is 1. The quantitative estimate of drug-likeness (QED) is 0.821. The standard InChI is InChI=1S/C12H14N2O5/c1-2-7-10(15)13-5-6-14(7)11(16)8-3-4-9(19-8)12(17)18/h3-4,7H,2,5-6H2,1H3,(H,13,15)(H,17,18). The molecule has 0 aromatic carbocycles. The molecule has 1 aromatic rings. The van der Waals surface area contributed by atoms with Crippen molar-refractivity contribution in [1.82, 2.24) is 10.2 Å². The fraction of sp³-hybridized carbons (Fsp3) is 0.417. The van der Waals surface area contributed by atoms with Crippen molar-refractivity contribution >= 4 is 17.8 Å². The van der Waals surface area contributed by atoms with Gasteiger partial charge in [0.2, 0.25) is 11.7 Å². The maximum absolute atomic E-state index is 12.2. The lowest BCUT2D eigenvalue weighted by Crippen LogP contribution is -2.56. The summed E-state index contributed by atoms with van der Waals surface area (Å²) in [6.07, 6.45) is 0.490. The van der Waals surface area contributed by atoms with E-state index in [-0.39, 0.29) is 17.4 Å². The van der Waals surface area contributed by atoms with Crippen LogP contribution in [0.1, 0.15) is 34.5 Å². The monoisotopic (exact) mass is 266 g/mol. The summed E-state index contributed by atoms with van der Waals surface area (Å²) in [5, 5.41) is 11.4. The number of nitrogens with zero attached hydrogens (tertiary/aromatic N) is 1. The van der Waals surface area contributed by atoms with E-state index < -0.39 is 17.9 Å². The largest absolute Gasteiger partial charge is 0.475 e. The van der Waals surface area contributed by atoms with E-state index in [9.17, 15) is 14.4 Å². The van der Waals surface area contributed by atoms with Crippen LogP contribution in [0.3, 0.4) is 0 Å². The number of carboxylic acid groups (broad SMARTS) is 1. The highest BCUT2D eigenvalue weighted by atomic mass is 16.4. The van der Waals surface area contributed by atoms with Crippen LogP contribution < -0.4 is 5.32 Å². The van der Waals surface area contributed by atoms with Crippen molar-refractivity contribution < 1.29 is 23.9 Å². The van der Waals surface area contributed by atoms with Crippen LogP contribution in [-0.2, 0) is 4.79 Å². The van der Waals surface area contributed by atoms with Crippen molar-refractivity contribution in [2.24, 2.45) is 0 Å². The molecule has 1 aliphatic heterocycles. The maximum atomic E-state index is 12.2. The fourth-order valence-corrected chi connectivity index (χ4v) is 2.07. The molecule has 0 radical (unpaired) electrons. The summed E-state index contributed by atoms with van der Waals surface area (Å²) in [6.45, 7) is 2.57. The number of carbonyl (C=O) groups is 3. The number of furan rings is 1. The minimum atomic E-state index is -1.23. The van der Waals surface area contributed by atoms with Crippen LogP contribution in [0.25, 0.3) is 0 Å². The summed E-state index contributed by atoms with van der Waals surface area (Å²) in [5.41, 5.74) is 0. The van der Waals surface area contributed by atoms with E-state index in [1.807, 2.05) is 0 Å². The van der Waals surface area contributed by atoms with Gasteiger partial charge in [-0.05, 0) is 18.6 Å². The molecule has 19 heavy (non-hydrogen) atoms. The molecule has 2 heterocycles. The molecule has 0 bridgehead atoms. The first kappa shape index (κ1) is 13.1. The van der Waals surface area contributed by atoms with Crippen LogP contribution in [0.4, 0.5) is 0 Å². The van der Waals surface area contributed by atoms with E-state index in [1.54, 1.807) is 6.92 Å². The summed E-state index contributed by atoms with van der Waals surface area (Å²) in [7, 11) is 0. The number of piperazine rings is 1. The summed E-state index contributed by atoms with van der Waals surface area (Å²) in [5.74, 6) is -2.26. The van der Waals surface area contributed by atoms with Crippen molar-refractivity contribution in [1.29, 1.82) is 0 Å². The van der Waals surface area contributed by atoms with Crippen molar-refractivity contribution in [3.63, 3.8) is 0 Å². The lowest BCUT2D eigenvalue weighted by Gasteiger charge is -2.33. The van der Waals surface area contributed by atoms with Gasteiger partial charge in [0.1, 0.15) is 6.04 Å². The molecule has 1 saturated heterocycles. The summed E-state index contributed by atoms with van der Waals surface area (Å²) >= 11 is 0. The SMILES string of the molecule is CCC1C(=O)NCCN1C(=O)c1ccc(C(=O)O)o1. The smallest absolute Gasteiger partial charge is 0.371 e. The molecule has 1 atom stereocenters.